The highest BCUT2D eigenvalue weighted by Crippen LogP contribution is 2.40. The summed E-state index contributed by atoms with van der Waals surface area (Å²) in [6, 6.07) is 15.7. The number of imide groups is 1. The molecule has 0 bridgehead atoms. The van der Waals surface area contributed by atoms with Crippen molar-refractivity contribution in [3.05, 3.63) is 54.4 Å². The van der Waals surface area contributed by atoms with E-state index in [4.69, 9.17) is 4.98 Å². The van der Waals surface area contributed by atoms with Gasteiger partial charge in [0.15, 0.2) is 0 Å². The van der Waals surface area contributed by atoms with Crippen LogP contribution < -0.4 is 4.90 Å². The molecule has 28 heavy (non-hydrogen) atoms. The molecule has 2 aromatic carbocycles. The number of nitrogens with zero attached hydrogens (tertiary/aromatic N) is 3. The molecule has 5 aromatic rings. The topological polar surface area (TPSA) is 70.5 Å². The zero-order valence-electron chi connectivity index (χ0n) is 15.8. The molecular weight excluding hydrogens is 352 g/mol. The fourth-order valence-electron chi connectivity index (χ4n) is 4.18. The summed E-state index contributed by atoms with van der Waals surface area (Å²) in [6.07, 6.45) is 0. The number of carbonyl (C=O) groups excluding carboxylic acids is 2. The molecule has 138 valence electrons. The van der Waals surface area contributed by atoms with Crippen LogP contribution in [0.2, 0.25) is 0 Å². The van der Waals surface area contributed by atoms with E-state index in [2.05, 4.69) is 4.98 Å². The Labute approximate surface area is 160 Å². The second kappa shape index (κ2) is 5.66. The van der Waals surface area contributed by atoms with Gasteiger partial charge in [-0.25, -0.2) is 9.88 Å². The Hall–Kier alpha value is -3.67. The number of aryl methyl sites for hydroxylation is 1. The lowest BCUT2D eigenvalue weighted by atomic mass is 10.2. The van der Waals surface area contributed by atoms with Crippen LogP contribution in [-0.4, -0.2) is 26.2 Å². The largest absolute Gasteiger partial charge is 0.351 e. The van der Waals surface area contributed by atoms with Crippen molar-refractivity contribution < 1.29 is 9.59 Å². The Balaban J connectivity index is 2.11. The summed E-state index contributed by atoms with van der Waals surface area (Å²) in [4.78, 5) is 34.4. The first kappa shape index (κ1) is 16.5. The Bertz CT molecular complexity index is 1430. The number of rotatable bonds is 1. The molecule has 0 aliphatic rings. The molecule has 0 aliphatic carbocycles. The number of para-hydroxylation sites is 2. The maximum Gasteiger partial charge on any atom is 0.230 e. The van der Waals surface area contributed by atoms with Crippen LogP contribution in [0.3, 0.4) is 0 Å². The van der Waals surface area contributed by atoms with Gasteiger partial charge in [-0.2, -0.15) is 0 Å². The fraction of sp³-hybridized carbons (Fsp3) is 0.136. The van der Waals surface area contributed by atoms with Gasteiger partial charge in [0.2, 0.25) is 11.8 Å². The second-order valence-corrected chi connectivity index (χ2v) is 6.98. The number of anilines is 1. The van der Waals surface area contributed by atoms with Crippen molar-refractivity contribution >= 4 is 55.9 Å². The van der Waals surface area contributed by atoms with Crippen LogP contribution in [0.15, 0.2) is 48.5 Å². The van der Waals surface area contributed by atoms with Crippen molar-refractivity contribution in [2.75, 3.05) is 4.90 Å². The zero-order chi connectivity index (χ0) is 19.6. The SMILES string of the molecule is CC(=O)N(C(C)=O)c1c2ccccc2n2c(C)nc3c4ccccc4[nH]c3c12. The summed E-state index contributed by atoms with van der Waals surface area (Å²) >= 11 is 0. The third-order valence-electron chi connectivity index (χ3n) is 5.21. The number of H-pyrrole nitrogens is 1. The van der Waals surface area contributed by atoms with E-state index in [0.717, 1.165) is 44.2 Å². The fourth-order valence-corrected chi connectivity index (χ4v) is 4.18. The smallest absolute Gasteiger partial charge is 0.230 e. The molecule has 6 nitrogen and oxygen atoms in total. The number of carbonyl (C=O) groups is 2. The predicted octanol–water partition coefficient (Wildman–Crippen LogP) is 4.33. The molecule has 0 saturated heterocycles. The Kier molecular flexibility index (Phi) is 3.34. The van der Waals surface area contributed by atoms with E-state index in [0.29, 0.717) is 5.69 Å². The van der Waals surface area contributed by atoms with Crippen molar-refractivity contribution in [3.63, 3.8) is 0 Å². The van der Waals surface area contributed by atoms with E-state index < -0.39 is 0 Å². The quantitative estimate of drug-likeness (QED) is 0.477. The average Bonchev–Trinajstić information content (AvgIpc) is 3.19. The van der Waals surface area contributed by atoms with Crippen LogP contribution in [0.5, 0.6) is 0 Å². The summed E-state index contributed by atoms with van der Waals surface area (Å²) in [5, 5.41) is 1.85. The molecule has 0 unspecified atom stereocenters. The van der Waals surface area contributed by atoms with Gasteiger partial charge >= 0.3 is 0 Å². The number of hydrogen-bond donors (Lipinski definition) is 1. The number of nitrogens with one attached hydrogen (secondary N) is 1. The van der Waals surface area contributed by atoms with Crippen LogP contribution in [-0.2, 0) is 9.59 Å². The first-order chi connectivity index (χ1) is 13.5. The molecule has 2 amide bonds. The monoisotopic (exact) mass is 370 g/mol. The van der Waals surface area contributed by atoms with Gasteiger partial charge in [-0.1, -0.05) is 36.4 Å². The van der Waals surface area contributed by atoms with Crippen molar-refractivity contribution in [2.45, 2.75) is 20.8 Å². The Morgan fingerprint density at radius 2 is 1.61 bits per heavy atom. The van der Waals surface area contributed by atoms with E-state index >= 15 is 0 Å². The molecular formula is C22H18N4O2. The second-order valence-electron chi connectivity index (χ2n) is 6.98. The standard InChI is InChI=1S/C22H18N4O2/c1-12-23-19-15-8-4-6-10-17(15)24-20(19)22-21(26(13(2)27)14(3)28)16-9-5-7-11-18(16)25(12)22/h4-11,24H,1-3H3. The number of hydrogen-bond acceptors (Lipinski definition) is 3. The van der Waals surface area contributed by atoms with Gasteiger partial charge in [-0.15, -0.1) is 0 Å². The highest BCUT2D eigenvalue weighted by atomic mass is 16.2. The van der Waals surface area contributed by atoms with Crippen molar-refractivity contribution in [1.29, 1.82) is 0 Å². The normalized spacial score (nSPS) is 11.7. The van der Waals surface area contributed by atoms with Crippen molar-refractivity contribution in [3.8, 4) is 0 Å². The van der Waals surface area contributed by atoms with E-state index in [1.807, 2.05) is 59.9 Å². The maximum absolute atomic E-state index is 12.4. The molecule has 1 N–H and O–H groups in total. The molecule has 0 aliphatic heterocycles. The first-order valence-electron chi connectivity index (χ1n) is 9.10. The molecule has 3 aromatic heterocycles. The molecule has 0 fully saturated rings. The van der Waals surface area contributed by atoms with Gasteiger partial charge in [0.05, 0.1) is 22.2 Å². The number of fused-ring (bicyclic) bond motifs is 7. The Morgan fingerprint density at radius 3 is 2.32 bits per heavy atom. The number of amides is 2. The highest BCUT2D eigenvalue weighted by Gasteiger charge is 2.27. The van der Waals surface area contributed by atoms with E-state index in [9.17, 15) is 9.59 Å². The first-order valence-corrected chi connectivity index (χ1v) is 9.10. The summed E-state index contributed by atoms with van der Waals surface area (Å²) in [6.45, 7) is 4.77. The molecule has 5 rings (SSSR count). The summed E-state index contributed by atoms with van der Waals surface area (Å²) in [5.74, 6) is 0.163. The molecule has 0 spiro atoms. The van der Waals surface area contributed by atoms with Gasteiger partial charge in [0.25, 0.3) is 0 Å². The number of benzene rings is 2. The molecule has 0 radical (unpaired) electrons. The molecule has 0 atom stereocenters. The molecule has 0 saturated carbocycles. The van der Waals surface area contributed by atoms with Gasteiger partial charge in [-0.3, -0.25) is 14.0 Å². The lowest BCUT2D eigenvalue weighted by Crippen LogP contribution is -2.33. The minimum Gasteiger partial charge on any atom is -0.351 e. The van der Waals surface area contributed by atoms with E-state index in [1.165, 1.54) is 18.7 Å². The highest BCUT2D eigenvalue weighted by molar-refractivity contribution is 6.26. The van der Waals surface area contributed by atoms with Gasteiger partial charge in [0.1, 0.15) is 11.3 Å². The molecule has 3 heterocycles. The number of aromatic amines is 1. The third-order valence-corrected chi connectivity index (χ3v) is 5.21. The van der Waals surface area contributed by atoms with Crippen molar-refractivity contribution in [1.82, 2.24) is 14.4 Å². The zero-order valence-corrected chi connectivity index (χ0v) is 15.8. The summed E-state index contributed by atoms with van der Waals surface area (Å²) in [5.41, 5.74) is 4.89. The lowest BCUT2D eigenvalue weighted by molar-refractivity contribution is -0.124. The van der Waals surface area contributed by atoms with Crippen LogP contribution >= 0.6 is 0 Å². The summed E-state index contributed by atoms with van der Waals surface area (Å²) < 4.78 is 2.02. The van der Waals surface area contributed by atoms with E-state index in [-0.39, 0.29) is 11.8 Å². The Morgan fingerprint density at radius 1 is 0.964 bits per heavy atom. The van der Waals surface area contributed by atoms with Gasteiger partial charge < -0.3 is 4.98 Å². The van der Waals surface area contributed by atoms with Gasteiger partial charge in [0, 0.05) is 30.1 Å². The lowest BCUT2D eigenvalue weighted by Gasteiger charge is -2.17. The van der Waals surface area contributed by atoms with Crippen molar-refractivity contribution in [2.24, 2.45) is 0 Å². The maximum atomic E-state index is 12.4. The van der Waals surface area contributed by atoms with E-state index in [1.54, 1.807) is 0 Å². The minimum absolute atomic E-state index is 0.315. The van der Waals surface area contributed by atoms with Crippen LogP contribution in [0.25, 0.3) is 38.4 Å². The third kappa shape index (κ3) is 2.05. The molecule has 6 heteroatoms. The predicted molar refractivity (Wildman–Crippen MR) is 111 cm³/mol. The van der Waals surface area contributed by atoms with Crippen LogP contribution in [0.1, 0.15) is 19.7 Å². The van der Waals surface area contributed by atoms with Crippen LogP contribution in [0, 0.1) is 6.92 Å². The average molecular weight is 370 g/mol. The van der Waals surface area contributed by atoms with Crippen LogP contribution in [0.4, 0.5) is 5.69 Å². The minimum atomic E-state index is -0.315. The summed E-state index contributed by atoms with van der Waals surface area (Å²) in [7, 11) is 0. The van der Waals surface area contributed by atoms with Gasteiger partial charge in [-0.05, 0) is 19.1 Å². The number of aromatic nitrogens is 3.